The first-order chi connectivity index (χ1) is 14.6. The van der Waals surface area contributed by atoms with E-state index in [1.54, 1.807) is 6.07 Å². The molecule has 0 fully saturated rings. The van der Waals surface area contributed by atoms with Gasteiger partial charge >= 0.3 is 0 Å². The molecule has 0 saturated heterocycles. The molecule has 2 aromatic rings. The largest absolute Gasteiger partial charge is 0.493 e. The van der Waals surface area contributed by atoms with Gasteiger partial charge in [-0.25, -0.2) is 0 Å². The molecule has 6 nitrogen and oxygen atoms in total. The van der Waals surface area contributed by atoms with Crippen LogP contribution in [0.1, 0.15) is 47.3 Å². The molecule has 2 N–H and O–H groups in total. The molecule has 168 valence electrons. The highest BCUT2D eigenvalue weighted by atomic mass is 35.5. The van der Waals surface area contributed by atoms with Gasteiger partial charge in [0.15, 0.2) is 11.5 Å². The number of nitrogens with one attached hydrogen (secondary N) is 2. The summed E-state index contributed by atoms with van der Waals surface area (Å²) in [7, 11) is 1.49. The Hall–Kier alpha value is -2.73. The van der Waals surface area contributed by atoms with E-state index in [1.165, 1.54) is 13.2 Å². The molecule has 0 radical (unpaired) electrons. The van der Waals surface area contributed by atoms with Gasteiger partial charge in [-0.2, -0.15) is 0 Å². The van der Waals surface area contributed by atoms with Crippen LogP contribution in [0.5, 0.6) is 11.5 Å². The lowest BCUT2D eigenvalue weighted by molar-refractivity contribution is -0.115. The number of anilines is 1. The molecule has 0 aliphatic heterocycles. The van der Waals surface area contributed by atoms with Gasteiger partial charge in [-0.3, -0.25) is 9.59 Å². The molecule has 0 saturated carbocycles. The van der Waals surface area contributed by atoms with E-state index in [-0.39, 0.29) is 23.0 Å². The van der Waals surface area contributed by atoms with Gasteiger partial charge in [0, 0.05) is 11.3 Å². The van der Waals surface area contributed by atoms with Crippen molar-refractivity contribution in [2.75, 3.05) is 25.6 Å². The highest BCUT2D eigenvalue weighted by molar-refractivity contribution is 6.32. The summed E-state index contributed by atoms with van der Waals surface area (Å²) >= 11 is 6.33. The number of rotatable bonds is 9. The van der Waals surface area contributed by atoms with Gasteiger partial charge < -0.3 is 20.1 Å². The van der Waals surface area contributed by atoms with E-state index in [9.17, 15) is 9.59 Å². The van der Waals surface area contributed by atoms with Crippen molar-refractivity contribution in [1.29, 1.82) is 0 Å². The first-order valence-electron chi connectivity index (χ1n) is 10.3. The minimum atomic E-state index is -0.429. The van der Waals surface area contributed by atoms with Crippen LogP contribution < -0.4 is 20.1 Å². The second-order valence-corrected chi connectivity index (χ2v) is 8.43. The maximum absolute atomic E-state index is 12.6. The normalized spacial score (nSPS) is 10.7. The Bertz CT molecular complexity index is 934. The average molecular weight is 447 g/mol. The van der Waals surface area contributed by atoms with Crippen LogP contribution in [0.25, 0.3) is 0 Å². The van der Waals surface area contributed by atoms with E-state index < -0.39 is 5.91 Å². The van der Waals surface area contributed by atoms with E-state index in [0.717, 1.165) is 28.8 Å². The Morgan fingerprint density at radius 3 is 2.29 bits per heavy atom. The molecular formula is C24H31ClN2O4. The zero-order valence-electron chi connectivity index (χ0n) is 19.0. The number of carbonyl (C=O) groups is 2. The maximum Gasteiger partial charge on any atom is 0.251 e. The highest BCUT2D eigenvalue weighted by Crippen LogP contribution is 2.36. The zero-order chi connectivity index (χ0) is 23.1. The fourth-order valence-electron chi connectivity index (χ4n) is 3.21. The van der Waals surface area contributed by atoms with Gasteiger partial charge in [-0.05, 0) is 56.4 Å². The Balaban J connectivity index is 2.03. The summed E-state index contributed by atoms with van der Waals surface area (Å²) in [6.07, 6.45) is 0.872. The quantitative estimate of drug-likeness (QED) is 0.564. The number of benzene rings is 2. The molecule has 0 bridgehead atoms. The van der Waals surface area contributed by atoms with Crippen LogP contribution in [0, 0.1) is 26.7 Å². The van der Waals surface area contributed by atoms with Crippen molar-refractivity contribution >= 4 is 29.1 Å². The molecule has 7 heteroatoms. The molecule has 0 aromatic heterocycles. The van der Waals surface area contributed by atoms with Gasteiger partial charge in [-0.15, -0.1) is 0 Å². The third-order valence-corrected chi connectivity index (χ3v) is 5.06. The lowest BCUT2D eigenvalue weighted by Gasteiger charge is -2.15. The van der Waals surface area contributed by atoms with E-state index in [4.69, 9.17) is 21.1 Å². The number of hydrogen-bond donors (Lipinski definition) is 2. The van der Waals surface area contributed by atoms with Gasteiger partial charge in [0.2, 0.25) is 5.91 Å². The molecule has 0 atom stereocenters. The molecule has 2 rings (SSSR count). The topological polar surface area (TPSA) is 76.7 Å². The van der Waals surface area contributed by atoms with Gasteiger partial charge in [-0.1, -0.05) is 43.1 Å². The minimum Gasteiger partial charge on any atom is -0.493 e. The third-order valence-electron chi connectivity index (χ3n) is 4.78. The SMILES string of the molecule is COc1cc(C(=O)NCC(=O)Nc2c(C)cc(C)cc2C)cc(Cl)c1OCCC(C)C. The summed E-state index contributed by atoms with van der Waals surface area (Å²) in [5.41, 5.74) is 4.12. The number of ether oxygens (including phenoxy) is 2. The van der Waals surface area contributed by atoms with Crippen molar-refractivity contribution < 1.29 is 19.1 Å². The van der Waals surface area contributed by atoms with Crippen molar-refractivity contribution in [3.8, 4) is 11.5 Å². The van der Waals surface area contributed by atoms with Gasteiger partial charge in [0.05, 0.1) is 25.3 Å². The molecule has 0 aliphatic rings. The van der Waals surface area contributed by atoms with Crippen LogP contribution in [0.2, 0.25) is 5.02 Å². The lowest BCUT2D eigenvalue weighted by Crippen LogP contribution is -2.33. The first kappa shape index (κ1) is 24.5. The van der Waals surface area contributed by atoms with Crippen LogP contribution in [0.4, 0.5) is 5.69 Å². The van der Waals surface area contributed by atoms with Crippen LogP contribution in [-0.4, -0.2) is 32.1 Å². The zero-order valence-corrected chi connectivity index (χ0v) is 19.8. The number of carbonyl (C=O) groups excluding carboxylic acids is 2. The average Bonchev–Trinajstić information content (AvgIpc) is 2.69. The molecule has 0 aliphatic carbocycles. The molecule has 0 unspecified atom stereocenters. The van der Waals surface area contributed by atoms with Crippen molar-refractivity contribution in [1.82, 2.24) is 5.32 Å². The van der Waals surface area contributed by atoms with E-state index in [1.807, 2.05) is 32.9 Å². The molecule has 0 heterocycles. The van der Waals surface area contributed by atoms with E-state index in [2.05, 4.69) is 24.5 Å². The number of amides is 2. The molecule has 2 aromatic carbocycles. The first-order valence-corrected chi connectivity index (χ1v) is 10.7. The second-order valence-electron chi connectivity index (χ2n) is 8.03. The van der Waals surface area contributed by atoms with Crippen molar-refractivity contribution in [2.45, 2.75) is 41.0 Å². The Labute approximate surface area is 189 Å². The maximum atomic E-state index is 12.6. The van der Waals surface area contributed by atoms with Crippen molar-refractivity contribution in [3.05, 3.63) is 51.5 Å². The van der Waals surface area contributed by atoms with E-state index >= 15 is 0 Å². The van der Waals surface area contributed by atoms with Crippen molar-refractivity contribution in [3.63, 3.8) is 0 Å². The molecule has 2 amide bonds. The number of aryl methyl sites for hydroxylation is 3. The third kappa shape index (κ3) is 6.89. The van der Waals surface area contributed by atoms with E-state index in [0.29, 0.717) is 24.0 Å². The monoisotopic (exact) mass is 446 g/mol. The van der Waals surface area contributed by atoms with Gasteiger partial charge in [0.25, 0.3) is 5.91 Å². The van der Waals surface area contributed by atoms with Crippen LogP contribution in [0.3, 0.4) is 0 Å². The van der Waals surface area contributed by atoms with Crippen LogP contribution >= 0.6 is 11.6 Å². The summed E-state index contributed by atoms with van der Waals surface area (Å²) < 4.78 is 11.1. The molecule has 31 heavy (non-hydrogen) atoms. The Kier molecular flexibility index (Phi) is 8.75. The number of halogens is 1. The van der Waals surface area contributed by atoms with Crippen LogP contribution in [0.15, 0.2) is 24.3 Å². The fourth-order valence-corrected chi connectivity index (χ4v) is 3.48. The van der Waals surface area contributed by atoms with Crippen LogP contribution in [-0.2, 0) is 4.79 Å². The fraction of sp³-hybridized carbons (Fsp3) is 0.417. The summed E-state index contributed by atoms with van der Waals surface area (Å²) in [6, 6.07) is 7.06. The smallest absolute Gasteiger partial charge is 0.251 e. The minimum absolute atomic E-state index is 0.168. The predicted octanol–water partition coefficient (Wildman–Crippen LogP) is 5.07. The Morgan fingerprint density at radius 2 is 1.71 bits per heavy atom. The summed E-state index contributed by atoms with van der Waals surface area (Å²) in [5, 5.41) is 5.76. The van der Waals surface area contributed by atoms with Crippen molar-refractivity contribution in [2.24, 2.45) is 5.92 Å². The van der Waals surface area contributed by atoms with Gasteiger partial charge in [0.1, 0.15) is 0 Å². The summed E-state index contributed by atoms with van der Waals surface area (Å²) in [5.74, 6) is 0.534. The Morgan fingerprint density at radius 1 is 1.06 bits per heavy atom. The second kappa shape index (κ2) is 11.0. The predicted molar refractivity (Wildman–Crippen MR) is 125 cm³/mol. The number of hydrogen-bond acceptors (Lipinski definition) is 4. The molecular weight excluding hydrogens is 416 g/mol. The highest BCUT2D eigenvalue weighted by Gasteiger charge is 2.17. The standard InChI is InChI=1S/C24H31ClN2O4/c1-14(2)7-8-31-23-19(25)11-18(12-20(23)30-6)24(29)26-13-21(28)27-22-16(4)9-15(3)10-17(22)5/h9-12,14H,7-8,13H2,1-6H3,(H,26,29)(H,27,28). The lowest BCUT2D eigenvalue weighted by atomic mass is 10.1. The summed E-state index contributed by atoms with van der Waals surface area (Å²) in [4.78, 5) is 24.9. The summed E-state index contributed by atoms with van der Waals surface area (Å²) in [6.45, 7) is 10.4. The molecule has 0 spiro atoms. The number of methoxy groups -OCH3 is 1.